The lowest BCUT2D eigenvalue weighted by Crippen LogP contribution is -2.30. The van der Waals surface area contributed by atoms with Crippen molar-refractivity contribution in [2.75, 3.05) is 13.2 Å². The van der Waals surface area contributed by atoms with E-state index < -0.39 is 5.82 Å². The standard InChI is InChI=1S/C11H9ClFN3O/c12-11-3-9(13)8(4-14-11)10-1-2-16(15-10)7-5-17-6-7/h1-4,7H,5-6H2. The molecule has 1 fully saturated rings. The highest BCUT2D eigenvalue weighted by atomic mass is 35.5. The van der Waals surface area contributed by atoms with Crippen molar-refractivity contribution >= 4 is 11.6 Å². The highest BCUT2D eigenvalue weighted by Gasteiger charge is 2.21. The van der Waals surface area contributed by atoms with Crippen molar-refractivity contribution < 1.29 is 9.13 Å². The van der Waals surface area contributed by atoms with E-state index in [1.807, 2.05) is 6.20 Å². The fraction of sp³-hybridized carbons (Fsp3) is 0.273. The molecule has 2 aromatic heterocycles. The van der Waals surface area contributed by atoms with Crippen LogP contribution in [0, 0.1) is 5.82 Å². The van der Waals surface area contributed by atoms with E-state index in [1.165, 1.54) is 12.3 Å². The van der Waals surface area contributed by atoms with Crippen molar-refractivity contribution in [1.29, 1.82) is 0 Å². The van der Waals surface area contributed by atoms with Gasteiger partial charge in [-0.1, -0.05) is 11.6 Å². The van der Waals surface area contributed by atoms with Crippen molar-refractivity contribution in [2.24, 2.45) is 0 Å². The molecule has 0 amide bonds. The molecule has 3 heterocycles. The Morgan fingerprint density at radius 1 is 1.47 bits per heavy atom. The quantitative estimate of drug-likeness (QED) is 0.771. The first-order valence-electron chi connectivity index (χ1n) is 5.18. The summed E-state index contributed by atoms with van der Waals surface area (Å²) in [5, 5.41) is 4.44. The molecule has 0 bridgehead atoms. The lowest BCUT2D eigenvalue weighted by molar-refractivity contribution is -0.0285. The zero-order valence-corrected chi connectivity index (χ0v) is 9.56. The van der Waals surface area contributed by atoms with E-state index in [9.17, 15) is 4.39 Å². The van der Waals surface area contributed by atoms with Crippen LogP contribution in [-0.2, 0) is 4.74 Å². The molecule has 0 spiro atoms. The van der Waals surface area contributed by atoms with Gasteiger partial charge in [-0.15, -0.1) is 0 Å². The van der Waals surface area contributed by atoms with Gasteiger partial charge < -0.3 is 4.74 Å². The predicted molar refractivity (Wildman–Crippen MR) is 60.3 cm³/mol. The van der Waals surface area contributed by atoms with E-state index in [4.69, 9.17) is 16.3 Å². The Hall–Kier alpha value is -1.46. The fourth-order valence-electron chi connectivity index (χ4n) is 1.66. The molecule has 4 nitrogen and oxygen atoms in total. The maximum Gasteiger partial charge on any atom is 0.137 e. The van der Waals surface area contributed by atoms with Crippen LogP contribution in [0.2, 0.25) is 5.15 Å². The van der Waals surface area contributed by atoms with Gasteiger partial charge in [0.05, 0.1) is 30.5 Å². The maximum atomic E-state index is 13.6. The molecular weight excluding hydrogens is 245 g/mol. The fourth-order valence-corrected chi connectivity index (χ4v) is 1.80. The zero-order chi connectivity index (χ0) is 11.8. The molecule has 1 aliphatic rings. The molecule has 1 aliphatic heterocycles. The minimum absolute atomic E-state index is 0.137. The van der Waals surface area contributed by atoms with Gasteiger partial charge in [-0.05, 0) is 6.07 Å². The largest absolute Gasteiger partial charge is 0.377 e. The molecule has 6 heteroatoms. The van der Waals surface area contributed by atoms with Gasteiger partial charge in [-0.2, -0.15) is 5.10 Å². The molecule has 0 aromatic carbocycles. The monoisotopic (exact) mass is 253 g/mol. The third kappa shape index (κ3) is 1.92. The molecule has 1 saturated heterocycles. The zero-order valence-electron chi connectivity index (χ0n) is 8.81. The molecule has 0 N–H and O–H groups in total. The first kappa shape index (κ1) is 10.7. The van der Waals surface area contributed by atoms with Gasteiger partial charge >= 0.3 is 0 Å². The average molecular weight is 254 g/mol. The van der Waals surface area contributed by atoms with Crippen LogP contribution in [-0.4, -0.2) is 28.0 Å². The van der Waals surface area contributed by atoms with Gasteiger partial charge in [-0.25, -0.2) is 9.37 Å². The Bertz CT molecular complexity index is 553. The van der Waals surface area contributed by atoms with Crippen LogP contribution in [0.5, 0.6) is 0 Å². The summed E-state index contributed by atoms with van der Waals surface area (Å²) in [6.45, 7) is 1.31. The van der Waals surface area contributed by atoms with Gasteiger partial charge in [0.2, 0.25) is 0 Å². The topological polar surface area (TPSA) is 39.9 Å². The van der Waals surface area contributed by atoms with E-state index in [0.717, 1.165) is 0 Å². The van der Waals surface area contributed by atoms with Gasteiger partial charge in [0.1, 0.15) is 11.0 Å². The van der Waals surface area contributed by atoms with Crippen LogP contribution in [0.25, 0.3) is 11.3 Å². The van der Waals surface area contributed by atoms with E-state index in [-0.39, 0.29) is 11.2 Å². The highest BCUT2D eigenvalue weighted by molar-refractivity contribution is 6.29. The Kier molecular flexibility index (Phi) is 2.57. The lowest BCUT2D eigenvalue weighted by Gasteiger charge is -2.25. The third-order valence-corrected chi connectivity index (χ3v) is 2.91. The predicted octanol–water partition coefficient (Wildman–Crippen LogP) is 2.31. The second kappa shape index (κ2) is 4.09. The summed E-state index contributed by atoms with van der Waals surface area (Å²) in [6, 6.07) is 3.20. The summed E-state index contributed by atoms with van der Waals surface area (Å²) in [6.07, 6.45) is 3.21. The second-order valence-corrected chi connectivity index (χ2v) is 4.25. The molecule has 17 heavy (non-hydrogen) atoms. The van der Waals surface area contributed by atoms with Gasteiger partial charge in [-0.3, -0.25) is 4.68 Å². The number of halogens is 2. The molecule has 0 aliphatic carbocycles. The minimum Gasteiger partial charge on any atom is -0.377 e. The third-order valence-electron chi connectivity index (χ3n) is 2.70. The van der Waals surface area contributed by atoms with Crippen LogP contribution in [0.15, 0.2) is 24.5 Å². The summed E-state index contributed by atoms with van der Waals surface area (Å²) >= 11 is 5.60. The van der Waals surface area contributed by atoms with E-state index in [1.54, 1.807) is 10.7 Å². The summed E-state index contributed by atoms with van der Waals surface area (Å²) in [5.41, 5.74) is 0.909. The normalized spacial score (nSPS) is 15.9. The number of pyridine rings is 1. The maximum absolute atomic E-state index is 13.6. The SMILES string of the molecule is Fc1cc(Cl)ncc1-c1ccn(C2COC2)n1. The van der Waals surface area contributed by atoms with E-state index in [0.29, 0.717) is 24.5 Å². The number of rotatable bonds is 2. The Morgan fingerprint density at radius 3 is 2.94 bits per heavy atom. The lowest BCUT2D eigenvalue weighted by atomic mass is 10.2. The van der Waals surface area contributed by atoms with Crippen molar-refractivity contribution in [1.82, 2.24) is 14.8 Å². The van der Waals surface area contributed by atoms with Crippen LogP contribution < -0.4 is 0 Å². The molecule has 2 aromatic rings. The first-order chi connectivity index (χ1) is 8.24. The Balaban J connectivity index is 1.94. The molecule has 0 atom stereocenters. The number of hydrogen-bond donors (Lipinski definition) is 0. The van der Waals surface area contributed by atoms with Gasteiger partial charge in [0.25, 0.3) is 0 Å². The summed E-state index contributed by atoms with van der Waals surface area (Å²) in [5.74, 6) is -0.417. The van der Waals surface area contributed by atoms with Crippen LogP contribution in [0.3, 0.4) is 0 Å². The summed E-state index contributed by atoms with van der Waals surface area (Å²) in [4.78, 5) is 3.86. The van der Waals surface area contributed by atoms with Crippen molar-refractivity contribution in [3.63, 3.8) is 0 Å². The summed E-state index contributed by atoms with van der Waals surface area (Å²) < 4.78 is 20.5. The number of ether oxygens (including phenoxy) is 1. The van der Waals surface area contributed by atoms with Crippen LogP contribution >= 0.6 is 11.6 Å². The van der Waals surface area contributed by atoms with E-state index in [2.05, 4.69) is 10.1 Å². The molecule has 3 rings (SSSR count). The number of hydrogen-bond acceptors (Lipinski definition) is 3. The van der Waals surface area contributed by atoms with Crippen LogP contribution in [0.4, 0.5) is 4.39 Å². The average Bonchev–Trinajstić information content (AvgIpc) is 2.64. The Morgan fingerprint density at radius 2 is 2.29 bits per heavy atom. The van der Waals surface area contributed by atoms with Crippen LogP contribution in [0.1, 0.15) is 6.04 Å². The Labute approximate surface area is 102 Å². The van der Waals surface area contributed by atoms with Crippen molar-refractivity contribution in [3.05, 3.63) is 35.5 Å². The molecule has 0 radical (unpaired) electrons. The molecule has 0 unspecified atom stereocenters. The molecule has 88 valence electrons. The molecular formula is C11H9ClFN3O. The van der Waals surface area contributed by atoms with Gasteiger partial charge in [0.15, 0.2) is 0 Å². The van der Waals surface area contributed by atoms with Crippen molar-refractivity contribution in [3.8, 4) is 11.3 Å². The molecule has 0 saturated carbocycles. The van der Waals surface area contributed by atoms with Crippen molar-refractivity contribution in [2.45, 2.75) is 6.04 Å². The number of nitrogens with zero attached hydrogens (tertiary/aromatic N) is 3. The highest BCUT2D eigenvalue weighted by Crippen LogP contribution is 2.24. The van der Waals surface area contributed by atoms with Gasteiger partial charge in [0, 0.05) is 18.5 Å². The van der Waals surface area contributed by atoms with E-state index >= 15 is 0 Å². The number of aromatic nitrogens is 3. The second-order valence-electron chi connectivity index (χ2n) is 3.86. The summed E-state index contributed by atoms with van der Waals surface area (Å²) in [7, 11) is 0. The smallest absolute Gasteiger partial charge is 0.137 e. The minimum atomic E-state index is -0.417. The first-order valence-corrected chi connectivity index (χ1v) is 5.56.